The first-order chi connectivity index (χ1) is 12.8. The fourth-order valence-electron chi connectivity index (χ4n) is 2.86. The highest BCUT2D eigenvalue weighted by atomic mass is 16.4. The van der Waals surface area contributed by atoms with Crippen molar-refractivity contribution in [3.8, 4) is 11.5 Å². The molecular formula is C22H14N2O2. The van der Waals surface area contributed by atoms with Crippen molar-refractivity contribution >= 4 is 34.4 Å². The molecule has 0 saturated carbocycles. The monoisotopic (exact) mass is 338 g/mol. The number of aromatic nitrogens is 2. The zero-order valence-electron chi connectivity index (χ0n) is 13.8. The fraction of sp³-hybridized carbons (Fsp3) is 0. The van der Waals surface area contributed by atoms with Gasteiger partial charge in [0.15, 0.2) is 11.2 Å². The highest BCUT2D eigenvalue weighted by Gasteiger charge is 2.07. The summed E-state index contributed by atoms with van der Waals surface area (Å²) in [7, 11) is 0. The molecule has 0 fully saturated rings. The van der Waals surface area contributed by atoms with E-state index < -0.39 is 0 Å². The lowest BCUT2D eigenvalue weighted by atomic mass is 10.1. The summed E-state index contributed by atoms with van der Waals surface area (Å²) in [5.41, 5.74) is 5.30. The molecule has 3 aromatic carbocycles. The van der Waals surface area contributed by atoms with E-state index in [1.807, 2.05) is 84.9 Å². The van der Waals surface area contributed by atoms with Crippen molar-refractivity contribution in [2.45, 2.75) is 0 Å². The van der Waals surface area contributed by atoms with Crippen molar-refractivity contribution in [2.24, 2.45) is 0 Å². The van der Waals surface area contributed by atoms with Gasteiger partial charge in [-0.1, -0.05) is 36.4 Å². The van der Waals surface area contributed by atoms with Gasteiger partial charge in [-0.05, 0) is 48.0 Å². The minimum absolute atomic E-state index is 0.592. The summed E-state index contributed by atoms with van der Waals surface area (Å²) >= 11 is 0. The number of oxazole rings is 2. The highest BCUT2D eigenvalue weighted by molar-refractivity contribution is 5.77. The Hall–Kier alpha value is -3.66. The van der Waals surface area contributed by atoms with Crippen LogP contribution in [0.5, 0.6) is 0 Å². The molecular weight excluding hydrogens is 324 g/mol. The summed E-state index contributed by atoms with van der Waals surface area (Å²) < 4.78 is 11.5. The summed E-state index contributed by atoms with van der Waals surface area (Å²) in [5.74, 6) is 1.22. The van der Waals surface area contributed by atoms with Crippen LogP contribution in [-0.2, 0) is 0 Å². The SMILES string of the molecule is C(=Cc1nc2ccccc2o1)c1ccc(-c2nc3ccccc3o2)cc1. The lowest BCUT2D eigenvalue weighted by molar-refractivity contribution is 0.589. The summed E-state index contributed by atoms with van der Waals surface area (Å²) in [6, 6.07) is 23.5. The lowest BCUT2D eigenvalue weighted by Crippen LogP contribution is -1.78. The molecule has 0 bridgehead atoms. The van der Waals surface area contributed by atoms with Crippen LogP contribution in [0.1, 0.15) is 11.5 Å². The summed E-state index contributed by atoms with van der Waals surface area (Å²) in [4.78, 5) is 8.96. The maximum atomic E-state index is 5.80. The second-order valence-electron chi connectivity index (χ2n) is 5.96. The van der Waals surface area contributed by atoms with Crippen LogP contribution in [0.4, 0.5) is 0 Å². The second-order valence-corrected chi connectivity index (χ2v) is 5.96. The Morgan fingerprint density at radius 2 is 1.27 bits per heavy atom. The summed E-state index contributed by atoms with van der Waals surface area (Å²) in [5, 5.41) is 0. The Kier molecular flexibility index (Phi) is 3.39. The van der Waals surface area contributed by atoms with Crippen molar-refractivity contribution in [3.05, 3.63) is 84.3 Å². The van der Waals surface area contributed by atoms with E-state index in [-0.39, 0.29) is 0 Å². The van der Waals surface area contributed by atoms with Gasteiger partial charge in [0.1, 0.15) is 11.0 Å². The average Bonchev–Trinajstić information content (AvgIpc) is 3.30. The molecule has 0 radical (unpaired) electrons. The molecule has 124 valence electrons. The van der Waals surface area contributed by atoms with Crippen molar-refractivity contribution in [1.82, 2.24) is 9.97 Å². The van der Waals surface area contributed by atoms with E-state index in [0.717, 1.165) is 33.3 Å². The first-order valence-electron chi connectivity index (χ1n) is 8.35. The van der Waals surface area contributed by atoms with E-state index in [1.54, 1.807) is 0 Å². The summed E-state index contributed by atoms with van der Waals surface area (Å²) in [6.45, 7) is 0. The molecule has 0 N–H and O–H groups in total. The van der Waals surface area contributed by atoms with Crippen molar-refractivity contribution in [3.63, 3.8) is 0 Å². The molecule has 2 aromatic heterocycles. The molecule has 2 heterocycles. The van der Waals surface area contributed by atoms with Gasteiger partial charge in [-0.25, -0.2) is 9.97 Å². The third kappa shape index (κ3) is 2.67. The molecule has 0 saturated heterocycles. The number of hydrogen-bond acceptors (Lipinski definition) is 4. The summed E-state index contributed by atoms with van der Waals surface area (Å²) in [6.07, 6.45) is 3.84. The van der Waals surface area contributed by atoms with E-state index >= 15 is 0 Å². The Labute approximate surface area is 149 Å². The van der Waals surface area contributed by atoms with Gasteiger partial charge in [0.05, 0.1) is 0 Å². The van der Waals surface area contributed by atoms with Gasteiger partial charge in [0.2, 0.25) is 11.8 Å². The van der Waals surface area contributed by atoms with E-state index in [2.05, 4.69) is 9.97 Å². The molecule has 4 heteroatoms. The molecule has 0 unspecified atom stereocenters. The molecule has 0 amide bonds. The van der Waals surface area contributed by atoms with Gasteiger partial charge in [0.25, 0.3) is 0 Å². The Morgan fingerprint density at radius 3 is 1.96 bits per heavy atom. The molecule has 0 aliphatic carbocycles. The predicted octanol–water partition coefficient (Wildman–Crippen LogP) is 5.81. The number of benzene rings is 3. The largest absolute Gasteiger partial charge is 0.437 e. The third-order valence-electron chi connectivity index (χ3n) is 4.18. The molecule has 5 aromatic rings. The number of hydrogen-bond donors (Lipinski definition) is 0. The van der Waals surface area contributed by atoms with Crippen LogP contribution in [0.3, 0.4) is 0 Å². The van der Waals surface area contributed by atoms with Gasteiger partial charge < -0.3 is 8.83 Å². The third-order valence-corrected chi connectivity index (χ3v) is 4.18. The first-order valence-corrected chi connectivity index (χ1v) is 8.35. The number of para-hydroxylation sites is 4. The Balaban J connectivity index is 1.40. The van der Waals surface area contributed by atoms with Crippen LogP contribution < -0.4 is 0 Å². The van der Waals surface area contributed by atoms with Crippen molar-refractivity contribution in [2.75, 3.05) is 0 Å². The van der Waals surface area contributed by atoms with E-state index in [9.17, 15) is 0 Å². The van der Waals surface area contributed by atoms with E-state index in [0.29, 0.717) is 11.8 Å². The minimum atomic E-state index is 0.592. The van der Waals surface area contributed by atoms with Gasteiger partial charge in [-0.15, -0.1) is 0 Å². The van der Waals surface area contributed by atoms with Gasteiger partial charge >= 0.3 is 0 Å². The van der Waals surface area contributed by atoms with Crippen LogP contribution in [-0.4, -0.2) is 9.97 Å². The minimum Gasteiger partial charge on any atom is -0.437 e. The maximum absolute atomic E-state index is 5.80. The van der Waals surface area contributed by atoms with E-state index in [4.69, 9.17) is 8.83 Å². The van der Waals surface area contributed by atoms with Gasteiger partial charge in [-0.2, -0.15) is 0 Å². The predicted molar refractivity (Wildman–Crippen MR) is 102 cm³/mol. The smallest absolute Gasteiger partial charge is 0.227 e. The number of fused-ring (bicyclic) bond motifs is 2. The highest BCUT2D eigenvalue weighted by Crippen LogP contribution is 2.24. The van der Waals surface area contributed by atoms with Crippen LogP contribution in [0.15, 0.2) is 81.6 Å². The van der Waals surface area contributed by atoms with Crippen molar-refractivity contribution in [1.29, 1.82) is 0 Å². The molecule has 5 rings (SSSR count). The van der Waals surface area contributed by atoms with Crippen molar-refractivity contribution < 1.29 is 8.83 Å². The van der Waals surface area contributed by atoms with Crippen LogP contribution in [0, 0.1) is 0 Å². The van der Waals surface area contributed by atoms with E-state index in [1.165, 1.54) is 0 Å². The molecule has 0 atom stereocenters. The normalized spacial score (nSPS) is 11.7. The number of nitrogens with zero attached hydrogens (tertiary/aromatic N) is 2. The maximum Gasteiger partial charge on any atom is 0.227 e. The molecule has 0 aliphatic heterocycles. The second kappa shape index (κ2) is 6.01. The molecule has 26 heavy (non-hydrogen) atoms. The van der Waals surface area contributed by atoms with Crippen LogP contribution in [0.2, 0.25) is 0 Å². The standard InChI is InChI=1S/C22H14N2O2/c1-3-7-19-17(5-1)23-21(25-19)14-11-15-9-12-16(13-10-15)22-24-18-6-2-4-8-20(18)26-22/h1-14H. The zero-order valence-corrected chi connectivity index (χ0v) is 13.8. The molecule has 4 nitrogen and oxygen atoms in total. The average molecular weight is 338 g/mol. The Bertz CT molecular complexity index is 1160. The Morgan fingerprint density at radius 1 is 0.615 bits per heavy atom. The first kappa shape index (κ1) is 14.7. The quantitative estimate of drug-likeness (QED) is 0.417. The topological polar surface area (TPSA) is 52.1 Å². The zero-order chi connectivity index (χ0) is 17.3. The fourth-order valence-corrected chi connectivity index (χ4v) is 2.86. The molecule has 0 aliphatic rings. The van der Waals surface area contributed by atoms with Gasteiger partial charge in [0, 0.05) is 11.6 Å². The van der Waals surface area contributed by atoms with Crippen LogP contribution in [0.25, 0.3) is 45.8 Å². The molecule has 0 spiro atoms. The lowest BCUT2D eigenvalue weighted by Gasteiger charge is -1.96. The van der Waals surface area contributed by atoms with Crippen LogP contribution >= 0.6 is 0 Å². The number of rotatable bonds is 3. The van der Waals surface area contributed by atoms with Gasteiger partial charge in [-0.3, -0.25) is 0 Å².